The Labute approximate surface area is 130 Å². The standard InChI is InChI=1S/C14H21NO2S3/c1-18-12-6-8-14(9-7-12)20(16,17)15-10-11-19-13-4-2-3-5-13/h6-9,13,15H,2-5,10-11H2,1H3. The minimum atomic E-state index is -3.35. The zero-order valence-electron chi connectivity index (χ0n) is 11.7. The third-order valence-corrected chi connectivity index (χ3v) is 7.02. The molecular weight excluding hydrogens is 310 g/mol. The second-order valence-corrected chi connectivity index (χ2v) is 8.91. The van der Waals surface area contributed by atoms with Gasteiger partial charge < -0.3 is 0 Å². The van der Waals surface area contributed by atoms with Gasteiger partial charge >= 0.3 is 0 Å². The van der Waals surface area contributed by atoms with Gasteiger partial charge in [-0.15, -0.1) is 11.8 Å². The molecule has 0 radical (unpaired) electrons. The molecule has 1 aliphatic carbocycles. The van der Waals surface area contributed by atoms with Crippen LogP contribution in [0.4, 0.5) is 0 Å². The SMILES string of the molecule is CSc1ccc(S(=O)(=O)NCCSC2CCCC2)cc1. The Balaban J connectivity index is 1.80. The van der Waals surface area contributed by atoms with Crippen LogP contribution in [0.5, 0.6) is 0 Å². The summed E-state index contributed by atoms with van der Waals surface area (Å²) in [5.41, 5.74) is 0. The summed E-state index contributed by atoms with van der Waals surface area (Å²) in [5, 5.41) is 0.736. The van der Waals surface area contributed by atoms with Gasteiger partial charge in [0.25, 0.3) is 0 Å². The van der Waals surface area contributed by atoms with E-state index in [1.165, 1.54) is 25.7 Å². The van der Waals surface area contributed by atoms with Crippen LogP contribution in [0, 0.1) is 0 Å². The quantitative estimate of drug-likeness (QED) is 0.615. The van der Waals surface area contributed by atoms with E-state index in [1.807, 2.05) is 30.2 Å². The first kappa shape index (κ1) is 16.2. The summed E-state index contributed by atoms with van der Waals surface area (Å²) in [6.45, 7) is 0.508. The molecule has 1 aromatic rings. The van der Waals surface area contributed by atoms with Crippen LogP contribution in [-0.4, -0.2) is 32.2 Å². The van der Waals surface area contributed by atoms with Crippen molar-refractivity contribution in [3.8, 4) is 0 Å². The molecule has 0 atom stereocenters. The number of rotatable bonds is 7. The lowest BCUT2D eigenvalue weighted by atomic mass is 10.4. The highest BCUT2D eigenvalue weighted by atomic mass is 32.2. The van der Waals surface area contributed by atoms with Crippen molar-refractivity contribution in [2.45, 2.75) is 40.7 Å². The van der Waals surface area contributed by atoms with Crippen LogP contribution < -0.4 is 4.72 Å². The fraction of sp³-hybridized carbons (Fsp3) is 0.571. The van der Waals surface area contributed by atoms with E-state index in [0.29, 0.717) is 11.4 Å². The van der Waals surface area contributed by atoms with Gasteiger partial charge in [-0.2, -0.15) is 11.8 Å². The van der Waals surface area contributed by atoms with E-state index in [2.05, 4.69) is 4.72 Å². The minimum absolute atomic E-state index is 0.348. The Bertz CT molecular complexity index is 508. The van der Waals surface area contributed by atoms with Crippen molar-refractivity contribution in [2.24, 2.45) is 0 Å². The zero-order valence-corrected chi connectivity index (χ0v) is 14.1. The van der Waals surface area contributed by atoms with Crippen LogP contribution in [0.3, 0.4) is 0 Å². The number of thioether (sulfide) groups is 2. The molecule has 1 aromatic carbocycles. The Morgan fingerprint density at radius 2 is 1.85 bits per heavy atom. The van der Waals surface area contributed by atoms with Crippen molar-refractivity contribution in [1.82, 2.24) is 4.72 Å². The molecule has 0 amide bonds. The van der Waals surface area contributed by atoms with Crippen LogP contribution in [-0.2, 0) is 10.0 Å². The summed E-state index contributed by atoms with van der Waals surface area (Å²) in [6, 6.07) is 7.01. The molecule has 0 aliphatic heterocycles. The topological polar surface area (TPSA) is 46.2 Å². The van der Waals surface area contributed by atoms with Gasteiger partial charge in [0, 0.05) is 22.4 Å². The minimum Gasteiger partial charge on any atom is -0.210 e. The number of benzene rings is 1. The smallest absolute Gasteiger partial charge is 0.210 e. The second-order valence-electron chi connectivity index (χ2n) is 4.85. The summed E-state index contributed by atoms with van der Waals surface area (Å²) in [6.07, 6.45) is 7.19. The Morgan fingerprint density at radius 3 is 2.45 bits per heavy atom. The van der Waals surface area contributed by atoms with Gasteiger partial charge in [-0.05, 0) is 43.4 Å². The van der Waals surface area contributed by atoms with Gasteiger partial charge in [0.05, 0.1) is 4.90 Å². The maximum Gasteiger partial charge on any atom is 0.240 e. The van der Waals surface area contributed by atoms with Crippen molar-refractivity contribution in [3.63, 3.8) is 0 Å². The fourth-order valence-corrected chi connectivity index (χ4v) is 5.08. The molecular formula is C14H21NO2S3. The molecule has 112 valence electrons. The van der Waals surface area contributed by atoms with Gasteiger partial charge in [-0.1, -0.05) is 12.8 Å². The third-order valence-electron chi connectivity index (χ3n) is 3.42. The summed E-state index contributed by atoms with van der Waals surface area (Å²) in [4.78, 5) is 1.42. The molecule has 1 saturated carbocycles. The van der Waals surface area contributed by atoms with E-state index >= 15 is 0 Å². The zero-order chi connectivity index (χ0) is 14.4. The molecule has 1 fully saturated rings. The van der Waals surface area contributed by atoms with Crippen molar-refractivity contribution in [2.75, 3.05) is 18.6 Å². The molecule has 6 heteroatoms. The summed E-state index contributed by atoms with van der Waals surface area (Å²) in [7, 11) is -3.35. The lowest BCUT2D eigenvalue weighted by Crippen LogP contribution is -2.26. The van der Waals surface area contributed by atoms with Crippen LogP contribution in [0.1, 0.15) is 25.7 Å². The van der Waals surface area contributed by atoms with Crippen LogP contribution in [0.2, 0.25) is 0 Å². The largest absolute Gasteiger partial charge is 0.240 e. The van der Waals surface area contributed by atoms with Gasteiger partial charge in [0.2, 0.25) is 10.0 Å². The highest BCUT2D eigenvalue weighted by molar-refractivity contribution is 8.00. The van der Waals surface area contributed by atoms with Crippen LogP contribution in [0.25, 0.3) is 0 Å². The van der Waals surface area contributed by atoms with Gasteiger partial charge in [0.15, 0.2) is 0 Å². The van der Waals surface area contributed by atoms with Crippen molar-refractivity contribution in [1.29, 1.82) is 0 Å². The van der Waals surface area contributed by atoms with Gasteiger partial charge in [-0.25, -0.2) is 13.1 Å². The van der Waals surface area contributed by atoms with Crippen molar-refractivity contribution in [3.05, 3.63) is 24.3 Å². The lowest BCUT2D eigenvalue weighted by molar-refractivity contribution is 0.584. The average Bonchev–Trinajstić information content (AvgIpc) is 2.97. The fourth-order valence-electron chi connectivity index (χ4n) is 2.29. The molecule has 2 rings (SSSR count). The average molecular weight is 332 g/mol. The third kappa shape index (κ3) is 4.69. The highest BCUT2D eigenvalue weighted by Crippen LogP contribution is 2.29. The Morgan fingerprint density at radius 1 is 1.20 bits per heavy atom. The summed E-state index contributed by atoms with van der Waals surface area (Å²) < 4.78 is 26.9. The molecule has 3 nitrogen and oxygen atoms in total. The molecule has 0 unspecified atom stereocenters. The molecule has 0 spiro atoms. The van der Waals surface area contributed by atoms with E-state index in [-0.39, 0.29) is 0 Å². The van der Waals surface area contributed by atoms with Gasteiger partial charge in [0.1, 0.15) is 0 Å². The number of nitrogens with one attached hydrogen (secondary N) is 1. The van der Waals surface area contributed by atoms with Crippen LogP contribution >= 0.6 is 23.5 Å². The summed E-state index contributed by atoms with van der Waals surface area (Å²) in [5.74, 6) is 0.854. The van der Waals surface area contributed by atoms with E-state index in [0.717, 1.165) is 15.9 Å². The summed E-state index contributed by atoms with van der Waals surface area (Å²) >= 11 is 3.50. The maximum absolute atomic E-state index is 12.1. The Kier molecular flexibility index (Phi) is 6.26. The van der Waals surface area contributed by atoms with Gasteiger partial charge in [-0.3, -0.25) is 0 Å². The molecule has 0 heterocycles. The molecule has 0 aromatic heterocycles. The van der Waals surface area contributed by atoms with E-state index < -0.39 is 10.0 Å². The molecule has 0 saturated heterocycles. The highest BCUT2D eigenvalue weighted by Gasteiger charge is 2.16. The monoisotopic (exact) mass is 331 g/mol. The number of hydrogen-bond donors (Lipinski definition) is 1. The second kappa shape index (κ2) is 7.73. The predicted molar refractivity (Wildman–Crippen MR) is 88.1 cm³/mol. The van der Waals surface area contributed by atoms with Crippen LogP contribution in [0.15, 0.2) is 34.1 Å². The van der Waals surface area contributed by atoms with Crippen molar-refractivity contribution >= 4 is 33.5 Å². The molecule has 20 heavy (non-hydrogen) atoms. The first-order valence-electron chi connectivity index (χ1n) is 6.87. The molecule has 1 N–H and O–H groups in total. The first-order valence-corrected chi connectivity index (χ1v) is 10.6. The maximum atomic E-state index is 12.1. The normalized spacial score (nSPS) is 16.6. The number of hydrogen-bond acceptors (Lipinski definition) is 4. The Hall–Kier alpha value is -0.170. The van der Waals surface area contributed by atoms with E-state index in [4.69, 9.17) is 0 Å². The first-order chi connectivity index (χ1) is 9.62. The van der Waals surface area contributed by atoms with E-state index in [9.17, 15) is 8.42 Å². The van der Waals surface area contributed by atoms with Crippen molar-refractivity contribution < 1.29 is 8.42 Å². The van der Waals surface area contributed by atoms with E-state index in [1.54, 1.807) is 23.9 Å². The molecule has 1 aliphatic rings. The molecule has 0 bridgehead atoms. The predicted octanol–water partition coefficient (Wildman–Crippen LogP) is 3.36. The number of sulfonamides is 1. The lowest BCUT2D eigenvalue weighted by Gasteiger charge is -2.10.